The molecule has 1 heterocycles. The average Bonchev–Trinajstić information content (AvgIpc) is 2.47. The number of anilines is 1. The third-order valence-electron chi connectivity index (χ3n) is 4.28. The van der Waals surface area contributed by atoms with Crippen molar-refractivity contribution in [1.29, 1.82) is 0 Å². The van der Waals surface area contributed by atoms with Crippen molar-refractivity contribution in [1.82, 2.24) is 4.98 Å². The number of nitrogens with zero attached hydrogens (tertiary/aromatic N) is 1. The smallest absolute Gasteiger partial charge is 0.225 e. The van der Waals surface area contributed by atoms with Crippen LogP contribution in [0.3, 0.4) is 0 Å². The van der Waals surface area contributed by atoms with Gasteiger partial charge in [0.05, 0.1) is 11.9 Å². The summed E-state index contributed by atoms with van der Waals surface area (Å²) in [7, 11) is -3.32. The summed E-state index contributed by atoms with van der Waals surface area (Å²) in [6.07, 6.45) is 8.29. The van der Waals surface area contributed by atoms with E-state index in [4.69, 9.17) is 5.73 Å². The fourth-order valence-electron chi connectivity index (χ4n) is 2.97. The fraction of sp³-hybridized carbons (Fsp3) is 0.600. The Hall–Kier alpha value is -0.890. The number of aromatic nitrogens is 1. The van der Waals surface area contributed by atoms with E-state index in [-0.39, 0.29) is 41.2 Å². The molecule has 1 saturated carbocycles. The Labute approximate surface area is 155 Å². The molecule has 1 aromatic rings. The van der Waals surface area contributed by atoms with Crippen LogP contribution in [0.25, 0.3) is 0 Å². The van der Waals surface area contributed by atoms with Gasteiger partial charge in [-0.15, -0.1) is 24.8 Å². The van der Waals surface area contributed by atoms with Crippen LogP contribution in [0.4, 0.5) is 5.69 Å². The predicted octanol–water partition coefficient (Wildman–Crippen LogP) is 2.57. The first-order valence-corrected chi connectivity index (χ1v) is 9.40. The number of hydrogen-bond donors (Lipinski definition) is 2. The average molecular weight is 398 g/mol. The molecule has 1 aliphatic rings. The first-order valence-electron chi connectivity index (χ1n) is 7.51. The third kappa shape index (κ3) is 6.20. The van der Waals surface area contributed by atoms with E-state index in [1.165, 1.54) is 18.7 Å². The number of amides is 1. The summed E-state index contributed by atoms with van der Waals surface area (Å²) in [5, 5.41) is 2.77. The summed E-state index contributed by atoms with van der Waals surface area (Å²) in [4.78, 5) is 16.1. The second-order valence-electron chi connectivity index (χ2n) is 6.15. The first-order chi connectivity index (χ1) is 10.3. The van der Waals surface area contributed by atoms with Crippen molar-refractivity contribution in [2.45, 2.75) is 43.6 Å². The zero-order chi connectivity index (χ0) is 16.2. The summed E-state index contributed by atoms with van der Waals surface area (Å²) in [5.74, 6) is -0.0961. The standard InChI is InChI=1S/C15H23N3O3S.2ClH/c1-22(20,21)14-6-5-12(10-17-14)18-13(19)9-15(11-16)7-3-2-4-8-15;;/h5-6,10H,2-4,7-9,11,16H2,1H3,(H,18,19);2*1H. The molecule has 138 valence electrons. The van der Waals surface area contributed by atoms with Crippen LogP contribution in [0.15, 0.2) is 23.4 Å². The molecule has 0 spiro atoms. The maximum Gasteiger partial charge on any atom is 0.225 e. The molecule has 1 aromatic heterocycles. The van der Waals surface area contributed by atoms with Crippen LogP contribution >= 0.6 is 24.8 Å². The number of carbonyl (C=O) groups is 1. The number of halogens is 2. The molecule has 0 atom stereocenters. The largest absolute Gasteiger partial charge is 0.330 e. The highest BCUT2D eigenvalue weighted by Gasteiger charge is 2.32. The molecule has 3 N–H and O–H groups in total. The van der Waals surface area contributed by atoms with Crippen molar-refractivity contribution >= 4 is 46.2 Å². The molecule has 0 unspecified atom stereocenters. The van der Waals surface area contributed by atoms with Gasteiger partial charge in [-0.25, -0.2) is 13.4 Å². The number of hydrogen-bond acceptors (Lipinski definition) is 5. The van der Waals surface area contributed by atoms with Gasteiger partial charge < -0.3 is 11.1 Å². The predicted molar refractivity (Wildman–Crippen MR) is 99.7 cm³/mol. The van der Waals surface area contributed by atoms with Gasteiger partial charge >= 0.3 is 0 Å². The molecular formula is C15H25Cl2N3O3S. The van der Waals surface area contributed by atoms with Gasteiger partial charge in [-0.1, -0.05) is 19.3 Å². The number of rotatable bonds is 5. The van der Waals surface area contributed by atoms with Crippen molar-refractivity contribution in [3.05, 3.63) is 18.3 Å². The Morgan fingerprint density at radius 1 is 1.25 bits per heavy atom. The minimum atomic E-state index is -3.32. The Morgan fingerprint density at radius 2 is 1.88 bits per heavy atom. The van der Waals surface area contributed by atoms with Crippen LogP contribution in [0, 0.1) is 5.41 Å². The fourth-order valence-corrected chi connectivity index (χ4v) is 3.53. The zero-order valence-corrected chi connectivity index (χ0v) is 16.1. The molecule has 6 nitrogen and oxygen atoms in total. The lowest BCUT2D eigenvalue weighted by atomic mass is 9.71. The highest BCUT2D eigenvalue weighted by molar-refractivity contribution is 7.90. The third-order valence-corrected chi connectivity index (χ3v) is 5.28. The van der Waals surface area contributed by atoms with Gasteiger partial charge in [-0.05, 0) is 36.9 Å². The van der Waals surface area contributed by atoms with E-state index >= 15 is 0 Å². The number of nitrogens with two attached hydrogens (primary N) is 1. The lowest BCUT2D eigenvalue weighted by Crippen LogP contribution is -2.36. The summed E-state index contributed by atoms with van der Waals surface area (Å²) in [6.45, 7) is 0.520. The van der Waals surface area contributed by atoms with Gasteiger partial charge in [0.1, 0.15) is 0 Å². The van der Waals surface area contributed by atoms with Gasteiger partial charge in [-0.2, -0.15) is 0 Å². The zero-order valence-electron chi connectivity index (χ0n) is 13.7. The summed E-state index contributed by atoms with van der Waals surface area (Å²) >= 11 is 0. The minimum absolute atomic E-state index is 0. The highest BCUT2D eigenvalue weighted by Crippen LogP contribution is 2.38. The van der Waals surface area contributed by atoms with E-state index in [1.807, 2.05) is 0 Å². The van der Waals surface area contributed by atoms with Crippen molar-refractivity contribution in [2.75, 3.05) is 18.1 Å². The summed E-state index contributed by atoms with van der Waals surface area (Å²) in [5.41, 5.74) is 6.29. The van der Waals surface area contributed by atoms with Crippen molar-refractivity contribution in [2.24, 2.45) is 11.1 Å². The molecule has 1 aliphatic carbocycles. The molecule has 0 saturated heterocycles. The SMILES string of the molecule is CS(=O)(=O)c1ccc(NC(=O)CC2(CN)CCCCC2)cn1.Cl.Cl. The van der Waals surface area contributed by atoms with E-state index in [0.717, 1.165) is 31.9 Å². The molecule has 0 radical (unpaired) electrons. The Kier molecular flexibility index (Phi) is 9.20. The number of nitrogens with one attached hydrogen (secondary N) is 1. The lowest BCUT2D eigenvalue weighted by molar-refractivity contribution is -0.118. The molecule has 0 aromatic carbocycles. The first kappa shape index (κ1) is 23.1. The molecule has 1 amide bonds. The monoisotopic (exact) mass is 397 g/mol. The van der Waals surface area contributed by atoms with E-state index in [2.05, 4.69) is 10.3 Å². The van der Waals surface area contributed by atoms with Crippen molar-refractivity contribution in [3.63, 3.8) is 0 Å². The quantitative estimate of drug-likeness (QED) is 0.794. The minimum Gasteiger partial charge on any atom is -0.330 e. The lowest BCUT2D eigenvalue weighted by Gasteiger charge is -2.35. The van der Waals surface area contributed by atoms with Crippen LogP contribution in [0.2, 0.25) is 0 Å². The molecule has 24 heavy (non-hydrogen) atoms. The van der Waals surface area contributed by atoms with Crippen molar-refractivity contribution in [3.8, 4) is 0 Å². The van der Waals surface area contributed by atoms with Crippen molar-refractivity contribution < 1.29 is 13.2 Å². The molecule has 0 bridgehead atoms. The second-order valence-corrected chi connectivity index (χ2v) is 8.11. The summed E-state index contributed by atoms with van der Waals surface area (Å²) in [6, 6.07) is 2.95. The van der Waals surface area contributed by atoms with E-state index in [1.54, 1.807) is 6.07 Å². The maximum atomic E-state index is 12.2. The number of sulfone groups is 1. The van der Waals surface area contributed by atoms with Crippen LogP contribution in [0.1, 0.15) is 38.5 Å². The number of carbonyl (C=O) groups excluding carboxylic acids is 1. The normalized spacial score (nSPS) is 16.4. The van der Waals surface area contributed by atoms with Crippen LogP contribution in [-0.4, -0.2) is 32.1 Å². The Bertz CT molecular complexity index is 630. The second kappa shape index (κ2) is 9.56. The van der Waals surface area contributed by atoms with Gasteiger partial charge in [0, 0.05) is 12.7 Å². The molecule has 9 heteroatoms. The van der Waals surface area contributed by atoms with Gasteiger partial charge in [0.2, 0.25) is 5.91 Å². The van der Waals surface area contributed by atoms with Crippen LogP contribution in [-0.2, 0) is 14.6 Å². The van der Waals surface area contributed by atoms with E-state index < -0.39 is 9.84 Å². The van der Waals surface area contributed by atoms with E-state index in [9.17, 15) is 13.2 Å². The van der Waals surface area contributed by atoms with Gasteiger partial charge in [-0.3, -0.25) is 4.79 Å². The number of pyridine rings is 1. The Morgan fingerprint density at radius 3 is 2.33 bits per heavy atom. The highest BCUT2D eigenvalue weighted by atomic mass is 35.5. The molecule has 0 aliphatic heterocycles. The van der Waals surface area contributed by atoms with Gasteiger partial charge in [0.25, 0.3) is 0 Å². The topological polar surface area (TPSA) is 102 Å². The maximum absolute atomic E-state index is 12.2. The molecule has 2 rings (SSSR count). The van der Waals surface area contributed by atoms with E-state index in [0.29, 0.717) is 18.7 Å². The van der Waals surface area contributed by atoms with Crippen LogP contribution < -0.4 is 11.1 Å². The summed E-state index contributed by atoms with van der Waals surface area (Å²) < 4.78 is 22.7. The van der Waals surface area contributed by atoms with Crippen LogP contribution in [0.5, 0.6) is 0 Å². The molecule has 1 fully saturated rings. The Balaban J connectivity index is 0.00000264. The molecular weight excluding hydrogens is 373 g/mol. The van der Waals surface area contributed by atoms with Gasteiger partial charge in [0.15, 0.2) is 14.9 Å².